The first-order valence-electron chi connectivity index (χ1n) is 4.37. The predicted molar refractivity (Wildman–Crippen MR) is 48.2 cm³/mol. The van der Waals surface area contributed by atoms with E-state index < -0.39 is 30.8 Å². The highest BCUT2D eigenvalue weighted by Crippen LogP contribution is 2.03. The lowest BCUT2D eigenvalue weighted by Crippen LogP contribution is -2.38. The van der Waals surface area contributed by atoms with Crippen LogP contribution in [0.15, 0.2) is 0 Å². The van der Waals surface area contributed by atoms with Gasteiger partial charge in [-0.1, -0.05) is 0 Å². The van der Waals surface area contributed by atoms with Crippen LogP contribution in [0.5, 0.6) is 0 Å². The number of hydrogen-bond donors (Lipinski definition) is 3. The summed E-state index contributed by atoms with van der Waals surface area (Å²) in [4.78, 5) is 20.9. The fourth-order valence-electron chi connectivity index (χ4n) is 0.852. The summed E-state index contributed by atoms with van der Waals surface area (Å²) in [5.41, 5.74) is 5.14. The molecule has 6 nitrogen and oxygen atoms in total. The van der Waals surface area contributed by atoms with Crippen LogP contribution in [0.1, 0.15) is 12.8 Å². The van der Waals surface area contributed by atoms with Crippen molar-refractivity contribution in [2.75, 3.05) is 13.3 Å². The van der Waals surface area contributed by atoms with E-state index >= 15 is 0 Å². The van der Waals surface area contributed by atoms with Crippen molar-refractivity contribution in [1.29, 1.82) is 0 Å². The molecule has 15 heavy (non-hydrogen) atoms. The Kier molecular flexibility index (Phi) is 6.56. The van der Waals surface area contributed by atoms with Gasteiger partial charge in [-0.3, -0.25) is 9.18 Å². The number of halogens is 1. The molecule has 4 N–H and O–H groups in total. The molecule has 0 aliphatic carbocycles. The number of aliphatic carboxylic acids is 2. The molecule has 0 aliphatic heterocycles. The Labute approximate surface area is 85.8 Å². The zero-order chi connectivity index (χ0) is 11.8. The molecule has 0 bridgehead atoms. The van der Waals surface area contributed by atoms with Crippen molar-refractivity contribution in [2.45, 2.75) is 25.0 Å². The summed E-state index contributed by atoms with van der Waals surface area (Å²) in [6, 6.07) is -1.29. The Morgan fingerprint density at radius 1 is 1.33 bits per heavy atom. The summed E-state index contributed by atoms with van der Waals surface area (Å²) in [6.07, 6.45) is -1.56. The number of nitrogens with two attached hydrogens (primary N) is 1. The second kappa shape index (κ2) is 7.13. The van der Waals surface area contributed by atoms with Gasteiger partial charge in [0.15, 0.2) is 6.10 Å². The number of ether oxygens (including phenoxy) is 1. The van der Waals surface area contributed by atoms with Gasteiger partial charge in [-0.2, -0.15) is 0 Å². The van der Waals surface area contributed by atoms with E-state index in [9.17, 15) is 14.0 Å². The van der Waals surface area contributed by atoms with Crippen LogP contribution in [0.3, 0.4) is 0 Å². The van der Waals surface area contributed by atoms with Crippen molar-refractivity contribution in [3.05, 3.63) is 0 Å². The quantitative estimate of drug-likeness (QED) is 0.484. The molecule has 0 aliphatic rings. The van der Waals surface area contributed by atoms with Crippen LogP contribution in [0.4, 0.5) is 4.39 Å². The van der Waals surface area contributed by atoms with Gasteiger partial charge in [0.1, 0.15) is 6.04 Å². The summed E-state index contributed by atoms with van der Waals surface area (Å²) in [5.74, 6) is -2.60. The molecule has 0 saturated carbocycles. The maximum atomic E-state index is 11.7. The molecule has 2 unspecified atom stereocenters. The second-order valence-electron chi connectivity index (χ2n) is 2.92. The van der Waals surface area contributed by atoms with E-state index in [1.165, 1.54) is 0 Å². The molecule has 0 spiro atoms. The summed E-state index contributed by atoms with van der Waals surface area (Å²) >= 11 is 0. The van der Waals surface area contributed by atoms with Crippen molar-refractivity contribution in [2.24, 2.45) is 5.73 Å². The van der Waals surface area contributed by atoms with E-state index in [1.807, 2.05) is 0 Å². The maximum absolute atomic E-state index is 11.7. The molecule has 0 aromatic heterocycles. The first kappa shape index (κ1) is 13.8. The van der Waals surface area contributed by atoms with Crippen molar-refractivity contribution < 1.29 is 28.9 Å². The number of carboxylic acid groups (broad SMARTS) is 2. The number of hydrogen-bond acceptors (Lipinski definition) is 4. The normalized spacial score (nSPS) is 14.5. The van der Waals surface area contributed by atoms with Crippen molar-refractivity contribution >= 4 is 11.9 Å². The molecular formula is C8H14FNO5. The van der Waals surface area contributed by atoms with Gasteiger partial charge in [0.25, 0.3) is 0 Å². The Hall–Kier alpha value is -1.21. The van der Waals surface area contributed by atoms with Crippen LogP contribution in [-0.4, -0.2) is 47.6 Å². The van der Waals surface area contributed by atoms with Crippen LogP contribution in [0, 0.1) is 0 Å². The molecule has 0 rings (SSSR count). The number of rotatable bonds is 8. The SMILES string of the molecule is NC(CC(OCCCF)C(=O)O)C(=O)O. The third kappa shape index (κ3) is 5.97. The molecule has 88 valence electrons. The molecule has 7 heteroatoms. The van der Waals surface area contributed by atoms with Gasteiger partial charge < -0.3 is 20.7 Å². The number of alkyl halides is 1. The molecule has 0 saturated heterocycles. The van der Waals surface area contributed by atoms with Crippen LogP contribution < -0.4 is 5.73 Å². The minimum Gasteiger partial charge on any atom is -0.480 e. The summed E-state index contributed by atoms with van der Waals surface area (Å²) in [7, 11) is 0. The average Bonchev–Trinajstić information content (AvgIpc) is 2.15. The Morgan fingerprint density at radius 3 is 2.33 bits per heavy atom. The van der Waals surface area contributed by atoms with Crippen LogP contribution in [0.25, 0.3) is 0 Å². The predicted octanol–water partition coefficient (Wildman–Crippen LogP) is -0.382. The highest BCUT2D eigenvalue weighted by Gasteiger charge is 2.24. The van der Waals surface area contributed by atoms with E-state index in [-0.39, 0.29) is 19.4 Å². The lowest BCUT2D eigenvalue weighted by Gasteiger charge is -2.15. The van der Waals surface area contributed by atoms with E-state index in [1.54, 1.807) is 0 Å². The van der Waals surface area contributed by atoms with Gasteiger partial charge in [0.05, 0.1) is 13.3 Å². The van der Waals surface area contributed by atoms with Gasteiger partial charge >= 0.3 is 11.9 Å². The third-order valence-corrected chi connectivity index (χ3v) is 1.66. The van der Waals surface area contributed by atoms with Crippen LogP contribution in [-0.2, 0) is 14.3 Å². The summed E-state index contributed by atoms with van der Waals surface area (Å²) in [6.45, 7) is -0.683. The van der Waals surface area contributed by atoms with E-state index in [0.717, 1.165) is 0 Å². The molecule has 0 radical (unpaired) electrons. The van der Waals surface area contributed by atoms with Crippen LogP contribution in [0.2, 0.25) is 0 Å². The Bertz CT molecular complexity index is 223. The molecular weight excluding hydrogens is 209 g/mol. The summed E-state index contributed by atoms with van der Waals surface area (Å²) < 4.78 is 16.5. The van der Waals surface area contributed by atoms with E-state index in [2.05, 4.69) is 0 Å². The minimum atomic E-state index is -1.30. The monoisotopic (exact) mass is 223 g/mol. The molecule has 0 heterocycles. The standard InChI is InChI=1S/C8H14FNO5/c9-2-1-3-15-6(8(13)14)4-5(10)7(11)12/h5-6H,1-4,10H2,(H,11,12)(H,13,14). The summed E-state index contributed by atoms with van der Waals surface area (Å²) in [5, 5.41) is 17.1. The minimum absolute atomic E-state index is 0.0696. The fraction of sp³-hybridized carbons (Fsp3) is 0.750. The van der Waals surface area contributed by atoms with Gasteiger partial charge in [0, 0.05) is 6.42 Å². The lowest BCUT2D eigenvalue weighted by molar-refractivity contribution is -0.152. The van der Waals surface area contributed by atoms with Crippen molar-refractivity contribution in [3.63, 3.8) is 0 Å². The third-order valence-electron chi connectivity index (χ3n) is 1.66. The zero-order valence-corrected chi connectivity index (χ0v) is 8.06. The zero-order valence-electron chi connectivity index (χ0n) is 8.06. The topological polar surface area (TPSA) is 110 Å². The average molecular weight is 223 g/mol. The molecule has 0 amide bonds. The van der Waals surface area contributed by atoms with E-state index in [4.69, 9.17) is 20.7 Å². The highest BCUT2D eigenvalue weighted by molar-refractivity contribution is 5.76. The van der Waals surface area contributed by atoms with E-state index in [0.29, 0.717) is 0 Å². The smallest absolute Gasteiger partial charge is 0.332 e. The fourth-order valence-corrected chi connectivity index (χ4v) is 0.852. The first-order chi connectivity index (χ1) is 6.99. The van der Waals surface area contributed by atoms with Crippen molar-refractivity contribution in [1.82, 2.24) is 0 Å². The van der Waals surface area contributed by atoms with Gasteiger partial charge in [-0.05, 0) is 6.42 Å². The maximum Gasteiger partial charge on any atom is 0.332 e. The molecule has 2 atom stereocenters. The first-order valence-corrected chi connectivity index (χ1v) is 4.37. The van der Waals surface area contributed by atoms with Crippen molar-refractivity contribution in [3.8, 4) is 0 Å². The van der Waals surface area contributed by atoms with Crippen LogP contribution >= 0.6 is 0 Å². The Balaban J connectivity index is 4.04. The highest BCUT2D eigenvalue weighted by atomic mass is 19.1. The van der Waals surface area contributed by atoms with Gasteiger partial charge in [0.2, 0.25) is 0 Å². The molecule has 0 aromatic carbocycles. The van der Waals surface area contributed by atoms with Gasteiger partial charge in [-0.15, -0.1) is 0 Å². The number of carboxylic acids is 2. The Morgan fingerprint density at radius 2 is 1.93 bits per heavy atom. The lowest BCUT2D eigenvalue weighted by atomic mass is 10.1. The second-order valence-corrected chi connectivity index (χ2v) is 2.92. The largest absolute Gasteiger partial charge is 0.480 e. The molecule has 0 fully saturated rings. The number of carbonyl (C=O) groups is 2. The molecule has 0 aromatic rings. The van der Waals surface area contributed by atoms with Gasteiger partial charge in [-0.25, -0.2) is 4.79 Å².